The fourth-order valence-electron chi connectivity index (χ4n) is 1.67. The Hall–Kier alpha value is -1.42. The van der Waals surface area contributed by atoms with E-state index in [4.69, 9.17) is 21.1 Å². The second-order valence-electron chi connectivity index (χ2n) is 3.83. The highest BCUT2D eigenvalue weighted by Gasteiger charge is 2.12. The first-order valence-electron chi connectivity index (χ1n) is 6.27. The van der Waals surface area contributed by atoms with Crippen LogP contribution in [0, 0.1) is 0 Å². The van der Waals surface area contributed by atoms with E-state index in [1.165, 1.54) is 7.11 Å². The van der Waals surface area contributed by atoms with Crippen molar-refractivity contribution in [3.63, 3.8) is 0 Å². The van der Waals surface area contributed by atoms with Crippen molar-refractivity contribution in [1.82, 2.24) is 0 Å². The van der Waals surface area contributed by atoms with Crippen LogP contribution in [-0.2, 0) is 16.0 Å². The summed E-state index contributed by atoms with van der Waals surface area (Å²) < 4.78 is 15.6. The van der Waals surface area contributed by atoms with E-state index < -0.39 is 0 Å². The van der Waals surface area contributed by atoms with Gasteiger partial charge in [-0.3, -0.25) is 4.79 Å². The Bertz CT molecular complexity index is 432. The Balaban J connectivity index is 2.95. The van der Waals surface area contributed by atoms with E-state index in [2.05, 4.69) is 4.74 Å². The van der Waals surface area contributed by atoms with Crippen LogP contribution in [0.15, 0.2) is 12.1 Å². The number of methoxy groups -OCH3 is 1. The van der Waals surface area contributed by atoms with Crippen LogP contribution in [-0.4, -0.2) is 26.3 Å². The van der Waals surface area contributed by atoms with Gasteiger partial charge in [-0.2, -0.15) is 0 Å². The topological polar surface area (TPSA) is 44.8 Å². The molecule has 106 valence electrons. The van der Waals surface area contributed by atoms with Gasteiger partial charge in [0.25, 0.3) is 0 Å². The SMILES string of the molecule is CCOc1cc(CCC(=O)OC)c(OCC)cc1Cl. The summed E-state index contributed by atoms with van der Waals surface area (Å²) >= 11 is 6.11. The van der Waals surface area contributed by atoms with E-state index in [9.17, 15) is 4.79 Å². The molecule has 0 saturated heterocycles. The van der Waals surface area contributed by atoms with E-state index in [0.717, 1.165) is 5.56 Å². The molecule has 1 rings (SSSR count). The quantitative estimate of drug-likeness (QED) is 0.722. The summed E-state index contributed by atoms with van der Waals surface area (Å²) in [6.45, 7) is 4.86. The molecule has 0 aliphatic heterocycles. The minimum absolute atomic E-state index is 0.254. The molecule has 0 unspecified atom stereocenters. The molecule has 5 heteroatoms. The number of hydrogen-bond acceptors (Lipinski definition) is 4. The molecule has 0 N–H and O–H groups in total. The second-order valence-corrected chi connectivity index (χ2v) is 4.24. The molecule has 0 heterocycles. The van der Waals surface area contributed by atoms with Crippen molar-refractivity contribution in [3.05, 3.63) is 22.7 Å². The van der Waals surface area contributed by atoms with Gasteiger partial charge in [0.1, 0.15) is 11.5 Å². The number of benzene rings is 1. The van der Waals surface area contributed by atoms with Crippen LogP contribution in [0.25, 0.3) is 0 Å². The van der Waals surface area contributed by atoms with E-state index in [-0.39, 0.29) is 5.97 Å². The maximum Gasteiger partial charge on any atom is 0.305 e. The highest BCUT2D eigenvalue weighted by molar-refractivity contribution is 6.32. The zero-order chi connectivity index (χ0) is 14.3. The van der Waals surface area contributed by atoms with Gasteiger partial charge in [0, 0.05) is 12.5 Å². The van der Waals surface area contributed by atoms with Gasteiger partial charge in [0.2, 0.25) is 0 Å². The maximum atomic E-state index is 11.2. The second kappa shape index (κ2) is 7.89. The first-order valence-corrected chi connectivity index (χ1v) is 6.65. The fraction of sp³-hybridized carbons (Fsp3) is 0.500. The Morgan fingerprint density at radius 2 is 1.79 bits per heavy atom. The molecule has 0 bridgehead atoms. The zero-order valence-corrected chi connectivity index (χ0v) is 12.3. The number of carbonyl (C=O) groups is 1. The van der Waals surface area contributed by atoms with Crippen LogP contribution in [0.3, 0.4) is 0 Å². The molecule has 0 radical (unpaired) electrons. The Morgan fingerprint density at radius 3 is 2.37 bits per heavy atom. The number of ether oxygens (including phenoxy) is 3. The summed E-state index contributed by atoms with van der Waals surface area (Å²) in [6.07, 6.45) is 0.822. The predicted molar refractivity (Wildman–Crippen MR) is 74.1 cm³/mol. The number of esters is 1. The molecule has 1 aromatic carbocycles. The minimum atomic E-state index is -0.254. The van der Waals surface area contributed by atoms with Gasteiger partial charge in [0.05, 0.1) is 25.3 Å². The van der Waals surface area contributed by atoms with Crippen molar-refractivity contribution >= 4 is 17.6 Å². The first-order chi connectivity index (χ1) is 9.12. The highest BCUT2D eigenvalue weighted by Crippen LogP contribution is 2.33. The van der Waals surface area contributed by atoms with Crippen molar-refractivity contribution in [2.75, 3.05) is 20.3 Å². The van der Waals surface area contributed by atoms with Gasteiger partial charge in [-0.1, -0.05) is 11.6 Å². The molecule has 0 saturated carbocycles. The predicted octanol–water partition coefficient (Wildman–Crippen LogP) is 3.24. The Morgan fingerprint density at radius 1 is 1.16 bits per heavy atom. The van der Waals surface area contributed by atoms with Crippen LogP contribution in [0.5, 0.6) is 11.5 Å². The van der Waals surface area contributed by atoms with E-state index in [1.807, 2.05) is 19.9 Å². The van der Waals surface area contributed by atoms with Gasteiger partial charge in [-0.05, 0) is 31.9 Å². The van der Waals surface area contributed by atoms with Crippen LogP contribution in [0.4, 0.5) is 0 Å². The third-order valence-corrected chi connectivity index (χ3v) is 2.84. The third kappa shape index (κ3) is 4.63. The summed E-state index contributed by atoms with van der Waals surface area (Å²) in [4.78, 5) is 11.2. The van der Waals surface area contributed by atoms with Gasteiger partial charge >= 0.3 is 5.97 Å². The first kappa shape index (κ1) is 15.6. The summed E-state index contributed by atoms with van der Waals surface area (Å²) in [7, 11) is 1.37. The van der Waals surface area contributed by atoms with Gasteiger partial charge in [0.15, 0.2) is 0 Å². The van der Waals surface area contributed by atoms with Gasteiger partial charge in [-0.25, -0.2) is 0 Å². The van der Waals surface area contributed by atoms with E-state index in [1.54, 1.807) is 6.07 Å². The number of carbonyl (C=O) groups excluding carboxylic acids is 1. The molecule has 4 nitrogen and oxygen atoms in total. The highest BCUT2D eigenvalue weighted by atomic mass is 35.5. The molecule has 19 heavy (non-hydrogen) atoms. The summed E-state index contributed by atoms with van der Waals surface area (Å²) in [5.74, 6) is 1.03. The van der Waals surface area contributed by atoms with E-state index >= 15 is 0 Å². The summed E-state index contributed by atoms with van der Waals surface area (Å²) in [5, 5.41) is 0.507. The van der Waals surface area contributed by atoms with Crippen LogP contribution >= 0.6 is 11.6 Å². The van der Waals surface area contributed by atoms with Gasteiger partial charge < -0.3 is 14.2 Å². The largest absolute Gasteiger partial charge is 0.494 e. The molecule has 0 fully saturated rings. The van der Waals surface area contributed by atoms with Crippen LogP contribution in [0.1, 0.15) is 25.8 Å². The lowest BCUT2D eigenvalue weighted by Crippen LogP contribution is -2.04. The summed E-state index contributed by atoms with van der Waals surface area (Å²) in [5.41, 5.74) is 0.889. The van der Waals surface area contributed by atoms with Crippen molar-refractivity contribution < 1.29 is 19.0 Å². The van der Waals surface area contributed by atoms with Gasteiger partial charge in [-0.15, -0.1) is 0 Å². The zero-order valence-electron chi connectivity index (χ0n) is 11.5. The molecule has 0 spiro atoms. The molecular weight excluding hydrogens is 268 g/mol. The molecule has 0 amide bonds. The number of rotatable bonds is 7. The number of hydrogen-bond donors (Lipinski definition) is 0. The average molecular weight is 287 g/mol. The normalized spacial score (nSPS) is 10.1. The van der Waals surface area contributed by atoms with Crippen molar-refractivity contribution in [3.8, 4) is 11.5 Å². The molecule has 0 aliphatic carbocycles. The molecule has 0 aromatic heterocycles. The third-order valence-electron chi connectivity index (χ3n) is 2.54. The average Bonchev–Trinajstić information content (AvgIpc) is 2.40. The van der Waals surface area contributed by atoms with Crippen LogP contribution in [0.2, 0.25) is 5.02 Å². The smallest absolute Gasteiger partial charge is 0.305 e. The standard InChI is InChI=1S/C14H19ClO4/c1-4-18-12-9-11(15)13(19-5-2)8-10(12)6-7-14(16)17-3/h8-9H,4-7H2,1-3H3. The Labute approximate surface area is 118 Å². The Kier molecular flexibility index (Phi) is 6.50. The minimum Gasteiger partial charge on any atom is -0.494 e. The number of halogens is 1. The monoisotopic (exact) mass is 286 g/mol. The fourth-order valence-corrected chi connectivity index (χ4v) is 1.88. The molecule has 1 aromatic rings. The summed E-state index contributed by atoms with van der Waals surface area (Å²) in [6, 6.07) is 3.54. The lowest BCUT2D eigenvalue weighted by molar-refractivity contribution is -0.140. The molecular formula is C14H19ClO4. The lowest BCUT2D eigenvalue weighted by atomic mass is 10.1. The van der Waals surface area contributed by atoms with Crippen molar-refractivity contribution in [1.29, 1.82) is 0 Å². The van der Waals surface area contributed by atoms with Crippen LogP contribution < -0.4 is 9.47 Å². The number of aryl methyl sites for hydroxylation is 1. The lowest BCUT2D eigenvalue weighted by Gasteiger charge is -2.13. The van der Waals surface area contributed by atoms with Crippen molar-refractivity contribution in [2.24, 2.45) is 0 Å². The van der Waals surface area contributed by atoms with E-state index in [0.29, 0.717) is 42.6 Å². The molecule has 0 aliphatic rings. The molecule has 0 atom stereocenters. The maximum absolute atomic E-state index is 11.2. The van der Waals surface area contributed by atoms with Crippen molar-refractivity contribution in [2.45, 2.75) is 26.7 Å².